The van der Waals surface area contributed by atoms with Gasteiger partial charge in [0.2, 0.25) is 5.78 Å². The van der Waals surface area contributed by atoms with E-state index < -0.39 is 0 Å². The van der Waals surface area contributed by atoms with Gasteiger partial charge in [-0.05, 0) is 11.4 Å². The predicted octanol–water partition coefficient (Wildman–Crippen LogP) is 1.59. The minimum absolute atomic E-state index is 0.0310. The lowest BCUT2D eigenvalue weighted by molar-refractivity contribution is 0.0282. The van der Waals surface area contributed by atoms with Gasteiger partial charge in [-0.15, -0.1) is 11.3 Å². The topological polar surface area (TPSA) is 76.8 Å². The molecule has 112 valence electrons. The Hall–Kier alpha value is -2.25. The van der Waals surface area contributed by atoms with Crippen LogP contribution in [0.15, 0.2) is 21.9 Å². The highest BCUT2D eigenvalue weighted by Gasteiger charge is 2.36. The van der Waals surface area contributed by atoms with Crippen LogP contribution in [0, 0.1) is 0 Å². The maximum atomic E-state index is 12.4. The summed E-state index contributed by atoms with van der Waals surface area (Å²) >= 11 is 1.20. The number of ketones is 2. The molecule has 0 radical (unpaired) electrons. The number of morpholine rings is 1. The molecular formula is C15H11NO5S. The monoisotopic (exact) mass is 317 g/mol. The minimum Gasteiger partial charge on any atom is -0.447 e. The number of hydrogen-bond acceptors (Lipinski definition) is 6. The van der Waals surface area contributed by atoms with E-state index in [0.29, 0.717) is 36.7 Å². The van der Waals surface area contributed by atoms with Crippen molar-refractivity contribution in [1.82, 2.24) is 4.90 Å². The Morgan fingerprint density at radius 3 is 2.68 bits per heavy atom. The number of carbonyl (C=O) groups is 3. The van der Waals surface area contributed by atoms with Gasteiger partial charge >= 0.3 is 0 Å². The van der Waals surface area contributed by atoms with E-state index in [1.54, 1.807) is 16.3 Å². The molecule has 0 aromatic carbocycles. The Balaban J connectivity index is 1.72. The normalized spacial score (nSPS) is 17.4. The van der Waals surface area contributed by atoms with Gasteiger partial charge < -0.3 is 14.1 Å². The third-order valence-electron chi connectivity index (χ3n) is 3.81. The van der Waals surface area contributed by atoms with Crippen LogP contribution < -0.4 is 0 Å². The molecule has 2 aromatic rings. The van der Waals surface area contributed by atoms with Crippen molar-refractivity contribution in [2.75, 3.05) is 26.3 Å². The lowest BCUT2D eigenvalue weighted by Gasteiger charge is -2.25. The summed E-state index contributed by atoms with van der Waals surface area (Å²) in [5.41, 5.74) is 0.557. The van der Waals surface area contributed by atoms with Crippen molar-refractivity contribution in [2.45, 2.75) is 0 Å². The molecule has 0 unspecified atom stereocenters. The van der Waals surface area contributed by atoms with Gasteiger partial charge in [0, 0.05) is 24.7 Å². The average molecular weight is 317 g/mol. The number of carbonyl (C=O) groups excluding carboxylic acids is 3. The standard InChI is InChI=1S/C15H11NO5S/c17-11-8-1-6-22-14(8)12(18)13-9(11)7-10(21-13)15(19)16-2-4-20-5-3-16/h1,6-7H,2-5H2. The molecule has 4 rings (SSSR count). The van der Waals surface area contributed by atoms with Crippen molar-refractivity contribution in [2.24, 2.45) is 0 Å². The zero-order chi connectivity index (χ0) is 15.3. The third-order valence-corrected chi connectivity index (χ3v) is 4.72. The SMILES string of the molecule is O=C1c2cc(C(=O)N3CCOCC3)oc2C(=O)c2sccc21. The van der Waals surface area contributed by atoms with Crippen LogP contribution in [-0.4, -0.2) is 48.7 Å². The van der Waals surface area contributed by atoms with Crippen molar-refractivity contribution in [3.05, 3.63) is 45.0 Å². The van der Waals surface area contributed by atoms with Crippen LogP contribution in [0.5, 0.6) is 0 Å². The van der Waals surface area contributed by atoms with Crippen molar-refractivity contribution in [3.63, 3.8) is 0 Å². The summed E-state index contributed by atoms with van der Waals surface area (Å²) in [7, 11) is 0. The van der Waals surface area contributed by atoms with E-state index in [-0.39, 0.29) is 34.6 Å². The highest BCUT2D eigenvalue weighted by molar-refractivity contribution is 7.12. The van der Waals surface area contributed by atoms with E-state index in [4.69, 9.17) is 9.15 Å². The van der Waals surface area contributed by atoms with Crippen LogP contribution in [0.1, 0.15) is 41.9 Å². The molecule has 0 atom stereocenters. The van der Waals surface area contributed by atoms with E-state index in [2.05, 4.69) is 0 Å². The number of fused-ring (bicyclic) bond motifs is 2. The largest absolute Gasteiger partial charge is 0.447 e. The van der Waals surface area contributed by atoms with E-state index in [9.17, 15) is 14.4 Å². The van der Waals surface area contributed by atoms with Crippen LogP contribution in [0.2, 0.25) is 0 Å². The highest BCUT2D eigenvalue weighted by atomic mass is 32.1. The average Bonchev–Trinajstić information content (AvgIpc) is 3.20. The van der Waals surface area contributed by atoms with E-state index in [0.717, 1.165) is 0 Å². The second kappa shape index (κ2) is 4.89. The van der Waals surface area contributed by atoms with Gasteiger partial charge in [0.1, 0.15) is 0 Å². The summed E-state index contributed by atoms with van der Waals surface area (Å²) in [6.07, 6.45) is 0. The molecule has 1 amide bonds. The molecule has 22 heavy (non-hydrogen) atoms. The summed E-state index contributed by atoms with van der Waals surface area (Å²) in [5.74, 6) is -0.918. The summed E-state index contributed by atoms with van der Waals surface area (Å²) < 4.78 is 10.6. The molecule has 3 heterocycles. The van der Waals surface area contributed by atoms with Crippen LogP contribution in [0.3, 0.4) is 0 Å². The second-order valence-electron chi connectivity index (χ2n) is 5.08. The van der Waals surface area contributed by atoms with Gasteiger partial charge in [0.25, 0.3) is 5.91 Å². The molecule has 6 nitrogen and oxygen atoms in total. The lowest BCUT2D eigenvalue weighted by atomic mass is 9.95. The van der Waals surface area contributed by atoms with Crippen molar-refractivity contribution in [1.29, 1.82) is 0 Å². The molecule has 0 saturated carbocycles. The summed E-state index contributed by atoms with van der Waals surface area (Å²) in [5, 5.41) is 1.70. The lowest BCUT2D eigenvalue weighted by Crippen LogP contribution is -2.40. The number of amides is 1. The first-order valence-corrected chi connectivity index (χ1v) is 7.72. The third kappa shape index (κ3) is 1.86. The van der Waals surface area contributed by atoms with Gasteiger partial charge in [0.15, 0.2) is 17.3 Å². The van der Waals surface area contributed by atoms with E-state index in [1.807, 2.05) is 0 Å². The Labute approximate surface area is 129 Å². The first-order valence-electron chi connectivity index (χ1n) is 6.84. The van der Waals surface area contributed by atoms with Crippen molar-refractivity contribution >= 4 is 28.8 Å². The zero-order valence-electron chi connectivity index (χ0n) is 11.5. The first-order chi connectivity index (χ1) is 10.7. The molecule has 7 heteroatoms. The number of ether oxygens (including phenoxy) is 1. The van der Waals surface area contributed by atoms with Gasteiger partial charge in [0.05, 0.1) is 23.7 Å². The Kier molecular flexibility index (Phi) is 2.98. The van der Waals surface area contributed by atoms with Crippen LogP contribution in [0.25, 0.3) is 0 Å². The summed E-state index contributed by atoms with van der Waals surface area (Å²) in [6.45, 7) is 1.89. The van der Waals surface area contributed by atoms with Gasteiger partial charge in [-0.3, -0.25) is 14.4 Å². The van der Waals surface area contributed by atoms with Crippen LogP contribution in [0.4, 0.5) is 0 Å². The maximum Gasteiger partial charge on any atom is 0.289 e. The Bertz CT molecular complexity index is 749. The molecule has 0 N–H and O–H groups in total. The summed E-state index contributed by atoms with van der Waals surface area (Å²) in [6, 6.07) is 3.01. The molecule has 1 saturated heterocycles. The van der Waals surface area contributed by atoms with Crippen molar-refractivity contribution in [3.8, 4) is 0 Å². The fourth-order valence-electron chi connectivity index (χ4n) is 2.67. The molecule has 2 aliphatic rings. The number of rotatable bonds is 1. The zero-order valence-corrected chi connectivity index (χ0v) is 12.3. The summed E-state index contributed by atoms with van der Waals surface area (Å²) in [4.78, 5) is 39.1. The van der Waals surface area contributed by atoms with Gasteiger partial charge in [-0.1, -0.05) is 0 Å². The first kappa shape index (κ1) is 13.4. The van der Waals surface area contributed by atoms with Crippen LogP contribution >= 0.6 is 11.3 Å². The maximum absolute atomic E-state index is 12.4. The molecule has 1 aliphatic heterocycles. The minimum atomic E-state index is -0.333. The highest BCUT2D eigenvalue weighted by Crippen LogP contribution is 2.32. The van der Waals surface area contributed by atoms with E-state index in [1.165, 1.54) is 17.4 Å². The number of nitrogens with zero attached hydrogens (tertiary/aromatic N) is 1. The quantitative estimate of drug-likeness (QED) is 0.681. The number of thiophene rings is 1. The fourth-order valence-corrected chi connectivity index (χ4v) is 3.50. The Morgan fingerprint density at radius 2 is 1.91 bits per heavy atom. The van der Waals surface area contributed by atoms with E-state index >= 15 is 0 Å². The smallest absolute Gasteiger partial charge is 0.289 e. The van der Waals surface area contributed by atoms with Crippen molar-refractivity contribution < 1.29 is 23.5 Å². The number of hydrogen-bond donors (Lipinski definition) is 0. The molecule has 0 bridgehead atoms. The molecule has 1 fully saturated rings. The Morgan fingerprint density at radius 1 is 1.14 bits per heavy atom. The van der Waals surface area contributed by atoms with Gasteiger partial charge in [-0.25, -0.2) is 0 Å². The van der Waals surface area contributed by atoms with Gasteiger partial charge in [-0.2, -0.15) is 0 Å². The fraction of sp³-hybridized carbons (Fsp3) is 0.267. The van der Waals surface area contributed by atoms with Crippen LogP contribution in [-0.2, 0) is 4.74 Å². The molecule has 0 spiro atoms. The number of furan rings is 1. The molecule has 1 aliphatic carbocycles. The molecular weight excluding hydrogens is 306 g/mol. The second-order valence-corrected chi connectivity index (χ2v) is 6.00. The predicted molar refractivity (Wildman–Crippen MR) is 76.6 cm³/mol. The molecule has 2 aromatic heterocycles.